The molecule has 18 heteroatoms. The molecule has 0 spiro atoms. The Hall–Kier alpha value is -4.05. The molecular weight excluding hydrogens is 1290 g/mol. The lowest BCUT2D eigenvalue weighted by Crippen LogP contribution is -2.30. The first-order valence-electron chi connectivity index (χ1n) is 38.8. The van der Waals surface area contributed by atoms with Gasteiger partial charge in [-0.3, -0.25) is 32.5 Å². The minimum absolute atomic E-state index is 0.0920. The normalized spacial score (nSPS) is 14.7. The van der Waals surface area contributed by atoms with E-state index in [2.05, 4.69) is 142 Å². The van der Waals surface area contributed by atoms with E-state index in [0.717, 1.165) is 167 Å². The van der Waals surface area contributed by atoms with Gasteiger partial charge in [0, 0.05) is 19.3 Å². The van der Waals surface area contributed by atoms with Gasteiger partial charge >= 0.3 is 33.6 Å². The van der Waals surface area contributed by atoms with Crippen LogP contribution in [0.1, 0.15) is 316 Å². The minimum atomic E-state index is -4.93. The number of aliphatic hydroxyl groups is 2. The van der Waals surface area contributed by atoms with Gasteiger partial charge in [0.25, 0.3) is 0 Å². The smallest absolute Gasteiger partial charge is 0.463 e. The zero-order valence-electron chi connectivity index (χ0n) is 62.1. The van der Waals surface area contributed by atoms with Crippen molar-refractivity contribution in [2.45, 2.75) is 334 Å². The Morgan fingerprint density at radius 2 is 0.535 bits per heavy atom. The van der Waals surface area contributed by atoms with E-state index in [4.69, 9.17) is 32.3 Å². The van der Waals surface area contributed by atoms with E-state index in [1.807, 2.05) is 0 Å². The van der Waals surface area contributed by atoms with Crippen LogP contribution >= 0.6 is 15.6 Å². The van der Waals surface area contributed by atoms with E-state index >= 15 is 0 Å². The molecule has 0 aromatic rings. The highest BCUT2D eigenvalue weighted by molar-refractivity contribution is 7.47. The Bertz CT molecular complexity index is 2290. The summed E-state index contributed by atoms with van der Waals surface area (Å²) in [6, 6.07) is 0. The number of phosphoric ester groups is 2. The number of esters is 3. The summed E-state index contributed by atoms with van der Waals surface area (Å²) in [5.41, 5.74) is 0. The Labute approximate surface area is 602 Å². The van der Waals surface area contributed by atoms with Crippen LogP contribution in [0, 0.1) is 0 Å². The molecule has 16 nitrogen and oxygen atoms in total. The van der Waals surface area contributed by atoms with Crippen LogP contribution in [0.4, 0.5) is 0 Å². The van der Waals surface area contributed by atoms with Gasteiger partial charge in [0.15, 0.2) is 6.10 Å². The predicted octanol–water partition coefficient (Wildman–Crippen LogP) is 22.5. The number of carbonyl (C=O) groups is 3. The van der Waals surface area contributed by atoms with Crippen LogP contribution in [-0.2, 0) is 55.8 Å². The highest BCUT2D eigenvalue weighted by Crippen LogP contribution is 2.45. The number of hydrogen-bond donors (Lipinski definition) is 4. The zero-order valence-corrected chi connectivity index (χ0v) is 63.9. The average molecular weight is 1430 g/mol. The van der Waals surface area contributed by atoms with Crippen LogP contribution in [0.25, 0.3) is 0 Å². The molecular formula is C81H140O16P2. The molecule has 0 aromatic heterocycles. The number of allylic oxidation sites excluding steroid dienone is 20. The first kappa shape index (κ1) is 94.9. The highest BCUT2D eigenvalue weighted by Gasteiger charge is 2.29. The highest BCUT2D eigenvalue weighted by atomic mass is 31.2. The molecule has 0 amide bonds. The van der Waals surface area contributed by atoms with Gasteiger partial charge in [-0.2, -0.15) is 0 Å². The van der Waals surface area contributed by atoms with Crippen molar-refractivity contribution in [3.05, 3.63) is 122 Å². The summed E-state index contributed by atoms with van der Waals surface area (Å²) in [6.07, 6.45) is 86.9. The van der Waals surface area contributed by atoms with Crippen LogP contribution in [0.2, 0.25) is 0 Å². The lowest BCUT2D eigenvalue weighted by Gasteiger charge is -2.21. The fraction of sp³-hybridized carbons (Fsp3) is 0.716. The number of unbranched alkanes of at least 4 members (excludes halogenated alkanes) is 30. The molecule has 570 valence electrons. The second kappa shape index (κ2) is 73.7. The number of rotatable bonds is 73. The fourth-order valence-electron chi connectivity index (χ4n) is 10.3. The third kappa shape index (κ3) is 74.9. The van der Waals surface area contributed by atoms with E-state index in [-0.39, 0.29) is 19.3 Å². The summed E-state index contributed by atoms with van der Waals surface area (Å²) in [5, 5.41) is 20.6. The van der Waals surface area contributed by atoms with Crippen LogP contribution in [0.3, 0.4) is 0 Å². The summed E-state index contributed by atoms with van der Waals surface area (Å²) >= 11 is 0. The zero-order chi connectivity index (χ0) is 72.3. The van der Waals surface area contributed by atoms with Crippen molar-refractivity contribution in [3.63, 3.8) is 0 Å². The molecule has 4 N–H and O–H groups in total. The standard InChI is InChI=1S/C81H140O16P2/c1-4-7-10-13-16-19-22-25-27-29-30-31-32-33-34-35-36-37-38-39-40-41-42-43-44-46-48-50-52-55-58-61-64-67-79(84)91-70-76(82)71-93-98(87,88)94-72-77(83)73-95-99(89,90)96-75-78(97-81(86)69-66-63-60-57-54-49-24-21-18-15-12-9-6-3)74-92-80(85)68-65-62-59-56-53-51-47-45-28-26-23-20-17-14-11-8-5-2/h7-8,10-11,16-17,19-21,24-28,30-31,33-34,36-37,76-78,82-83H,4-6,9,12-15,18,22-23,29,32,35,38-75H2,1-3H3,(H,87,88)(H,89,90)/b10-7-,11-8-,19-16-,20-17-,24-21-,27-25-,28-26-,31-30-,34-33-,37-36-. The Balaban J connectivity index is 4.40. The molecule has 0 aliphatic carbocycles. The van der Waals surface area contributed by atoms with Crippen LogP contribution < -0.4 is 0 Å². The molecule has 5 unspecified atom stereocenters. The largest absolute Gasteiger partial charge is 0.472 e. The SMILES string of the molecule is CC/C=C\C/C=C\C/C=C\C/C=C\C/C=C\C/C=C\CCCCCCCCCCCCCCCCC(=O)OCC(O)COP(=O)(O)OCC(O)COP(=O)(O)OCC(COC(=O)CCCCCCCCC/C=C\C/C=C\C/C=C\CC)OC(=O)CCCCCCC/C=C\CCCCCC. The van der Waals surface area contributed by atoms with E-state index in [1.54, 1.807) is 0 Å². The molecule has 0 heterocycles. The van der Waals surface area contributed by atoms with Crippen LogP contribution in [0.15, 0.2) is 122 Å². The number of carbonyl (C=O) groups excluding carboxylic acids is 3. The predicted molar refractivity (Wildman–Crippen MR) is 408 cm³/mol. The molecule has 5 atom stereocenters. The molecule has 99 heavy (non-hydrogen) atoms. The van der Waals surface area contributed by atoms with E-state index < -0.39 is 91.5 Å². The lowest BCUT2D eigenvalue weighted by molar-refractivity contribution is -0.161. The summed E-state index contributed by atoms with van der Waals surface area (Å²) in [5.74, 6) is -1.59. The molecule has 0 saturated heterocycles. The molecule has 0 saturated carbocycles. The summed E-state index contributed by atoms with van der Waals surface area (Å²) in [6.45, 7) is 2.43. The second-order valence-electron chi connectivity index (χ2n) is 25.7. The van der Waals surface area contributed by atoms with E-state index in [9.17, 15) is 43.5 Å². The lowest BCUT2D eigenvalue weighted by atomic mass is 10.0. The first-order valence-corrected chi connectivity index (χ1v) is 41.8. The second-order valence-corrected chi connectivity index (χ2v) is 28.7. The van der Waals surface area contributed by atoms with Gasteiger partial charge in [-0.1, -0.05) is 290 Å². The van der Waals surface area contributed by atoms with Gasteiger partial charge in [-0.15, -0.1) is 0 Å². The number of hydrogen-bond acceptors (Lipinski definition) is 14. The van der Waals surface area contributed by atoms with Gasteiger partial charge < -0.3 is 34.2 Å². The molecule has 0 rings (SSSR count). The number of phosphoric acid groups is 2. The van der Waals surface area contributed by atoms with Crippen molar-refractivity contribution >= 4 is 33.6 Å². The quantitative estimate of drug-likeness (QED) is 0.0146. The average Bonchev–Trinajstić information content (AvgIpc) is 1.38. The van der Waals surface area contributed by atoms with Crippen molar-refractivity contribution in [3.8, 4) is 0 Å². The van der Waals surface area contributed by atoms with Gasteiger partial charge in [-0.05, 0) is 128 Å². The van der Waals surface area contributed by atoms with Crippen molar-refractivity contribution in [2.24, 2.45) is 0 Å². The minimum Gasteiger partial charge on any atom is -0.463 e. The van der Waals surface area contributed by atoms with Crippen molar-refractivity contribution in [1.82, 2.24) is 0 Å². The topological polar surface area (TPSA) is 231 Å². The fourth-order valence-corrected chi connectivity index (χ4v) is 11.9. The van der Waals surface area contributed by atoms with Crippen molar-refractivity contribution < 1.29 is 75.8 Å². The molecule has 0 aliphatic rings. The summed E-state index contributed by atoms with van der Waals surface area (Å²) < 4.78 is 61.0. The van der Waals surface area contributed by atoms with Gasteiger partial charge in [0.1, 0.15) is 25.4 Å². The maximum atomic E-state index is 12.9. The Morgan fingerprint density at radius 1 is 0.293 bits per heavy atom. The molecule has 0 aliphatic heterocycles. The van der Waals surface area contributed by atoms with Gasteiger partial charge in [-0.25, -0.2) is 9.13 Å². The Morgan fingerprint density at radius 3 is 0.859 bits per heavy atom. The Kier molecular flexibility index (Phi) is 70.7. The van der Waals surface area contributed by atoms with Crippen LogP contribution in [0.5, 0.6) is 0 Å². The number of aliphatic hydroxyl groups excluding tert-OH is 2. The van der Waals surface area contributed by atoms with Gasteiger partial charge in [0.05, 0.1) is 26.4 Å². The monoisotopic (exact) mass is 1430 g/mol. The molecule has 0 aromatic carbocycles. The van der Waals surface area contributed by atoms with Crippen LogP contribution in [-0.4, -0.2) is 95.9 Å². The third-order valence-electron chi connectivity index (χ3n) is 16.2. The maximum Gasteiger partial charge on any atom is 0.472 e. The molecule has 0 bridgehead atoms. The van der Waals surface area contributed by atoms with Crippen molar-refractivity contribution in [2.75, 3.05) is 39.6 Å². The summed E-state index contributed by atoms with van der Waals surface area (Å²) in [7, 11) is -9.78. The van der Waals surface area contributed by atoms with E-state index in [0.29, 0.717) is 19.3 Å². The van der Waals surface area contributed by atoms with E-state index in [1.165, 1.54) is 89.9 Å². The molecule has 0 radical (unpaired) electrons. The third-order valence-corrected chi connectivity index (χ3v) is 18.1. The summed E-state index contributed by atoms with van der Waals surface area (Å²) in [4.78, 5) is 58.5. The number of ether oxygens (including phenoxy) is 3. The maximum absolute atomic E-state index is 12.9. The van der Waals surface area contributed by atoms with Gasteiger partial charge in [0.2, 0.25) is 0 Å². The first-order chi connectivity index (χ1) is 48.2. The van der Waals surface area contributed by atoms with Crippen molar-refractivity contribution in [1.29, 1.82) is 0 Å². The molecule has 0 fully saturated rings.